The number of nitrogens with zero attached hydrogens (tertiary/aromatic N) is 1. The van der Waals surface area contributed by atoms with Crippen LogP contribution in [0.5, 0.6) is 5.75 Å². The van der Waals surface area contributed by atoms with E-state index in [-0.39, 0.29) is 85.9 Å². The zero-order valence-corrected chi connectivity index (χ0v) is 47.7. The number of phenols is 1. The van der Waals surface area contributed by atoms with Gasteiger partial charge in [-0.1, -0.05) is 97.1 Å². The Balaban J connectivity index is 1.34. The number of esters is 1. The van der Waals surface area contributed by atoms with Crippen LogP contribution in [0.2, 0.25) is 0 Å². The minimum atomic E-state index is -1.44. The molecule has 1 aromatic carbocycles. The molecule has 0 radical (unpaired) electrons. The summed E-state index contributed by atoms with van der Waals surface area (Å²) in [7, 11) is 0. The molecule has 2 saturated heterocycles. The first-order valence-corrected chi connectivity index (χ1v) is 28.4. The molecule has 18 heteroatoms. The SMILES string of the molecule is CC[C@H]1C[C@H](C)[C@@]2(NC1=O)O[C@@H](C[C@H](O)[C@@H](C)CCC(O)C/C=C(\C)[C@@H]1C/C=C/C=C/[C@H](O)[C@H](C)[C@@H](O)[C@@H](CCC(C)=O)C(=O)N[C@@H](C(C)C)C(=O)N[C@@H](Cc3cccc(O)c3)C(=O)N3CCCC(N3)C(=O)O1)[C@H](C)C=C2C. The highest BCUT2D eigenvalue weighted by molar-refractivity contribution is 5.93. The van der Waals surface area contributed by atoms with Crippen LogP contribution >= 0.6 is 0 Å². The van der Waals surface area contributed by atoms with E-state index in [0.29, 0.717) is 43.2 Å². The van der Waals surface area contributed by atoms with E-state index in [2.05, 4.69) is 41.3 Å². The summed E-state index contributed by atoms with van der Waals surface area (Å²) in [4.78, 5) is 82.2. The molecule has 18 nitrogen and oxygen atoms in total. The molecule has 16 atom stereocenters. The lowest BCUT2D eigenvalue weighted by Gasteiger charge is -2.51. The summed E-state index contributed by atoms with van der Waals surface area (Å²) >= 11 is 0. The molecular weight excluding hydrogens is 999 g/mol. The van der Waals surface area contributed by atoms with Crippen molar-refractivity contribution in [1.82, 2.24) is 26.4 Å². The summed E-state index contributed by atoms with van der Waals surface area (Å²) in [6.45, 7) is 18.5. The first-order chi connectivity index (χ1) is 36.8. The van der Waals surface area contributed by atoms with Gasteiger partial charge in [0.25, 0.3) is 5.91 Å². The van der Waals surface area contributed by atoms with Crippen LogP contribution in [-0.2, 0) is 44.7 Å². The number of ketones is 1. The number of carbonyl (C=O) groups excluding carboxylic acids is 6. The minimum absolute atomic E-state index is 0.0128. The van der Waals surface area contributed by atoms with Crippen LogP contribution in [0.4, 0.5) is 0 Å². The highest BCUT2D eigenvalue weighted by Crippen LogP contribution is 2.43. The van der Waals surface area contributed by atoms with E-state index in [1.807, 2.05) is 26.8 Å². The number of Topliss-reactive ketones (excluding diaryl/α,β-unsaturated/α-hetero) is 1. The normalized spacial score (nSPS) is 33.3. The van der Waals surface area contributed by atoms with E-state index < -0.39 is 95.8 Å². The van der Waals surface area contributed by atoms with Crippen LogP contribution in [0.3, 0.4) is 0 Å². The number of allylic oxidation sites excluding steroid dienone is 2. The predicted octanol–water partition coefficient (Wildman–Crippen LogP) is 5.55. The molecule has 4 heterocycles. The van der Waals surface area contributed by atoms with Gasteiger partial charge < -0.3 is 55.8 Å². The van der Waals surface area contributed by atoms with E-state index in [0.717, 1.165) is 18.4 Å². The molecule has 0 aromatic heterocycles. The Morgan fingerprint density at radius 2 is 1.71 bits per heavy atom. The van der Waals surface area contributed by atoms with E-state index in [1.54, 1.807) is 58.1 Å². The van der Waals surface area contributed by atoms with Crippen molar-refractivity contribution in [2.45, 2.75) is 207 Å². The Labute approximate surface area is 461 Å². The Morgan fingerprint density at radius 3 is 2.38 bits per heavy atom. The third-order valence-corrected chi connectivity index (χ3v) is 16.6. The molecule has 0 saturated carbocycles. The molecule has 4 aliphatic rings. The summed E-state index contributed by atoms with van der Waals surface area (Å²) in [5.74, 6) is -5.69. The van der Waals surface area contributed by atoms with Gasteiger partial charge in [0, 0.05) is 55.9 Å². The van der Waals surface area contributed by atoms with Crippen molar-refractivity contribution in [2.24, 2.45) is 41.4 Å². The highest BCUT2D eigenvalue weighted by atomic mass is 16.5. The van der Waals surface area contributed by atoms with Gasteiger partial charge in [-0.15, -0.1) is 0 Å². The average molecular weight is 1090 g/mol. The van der Waals surface area contributed by atoms with Gasteiger partial charge in [-0.2, -0.15) is 0 Å². The number of rotatable bonds is 16. The fourth-order valence-electron chi connectivity index (χ4n) is 11.2. The van der Waals surface area contributed by atoms with Gasteiger partial charge in [0.15, 0.2) is 5.72 Å². The standard InChI is InChI=1S/C60H91N5O13/c1-11-43-30-39(8)60(63-55(43)72)38(7)29-37(6)52(78-60)33-50(70)35(4)22-25-44(67)26-23-36(5)51-21-14-12-13-20-49(69)41(10)54(71)46(27-24-40(9)66)56(73)62-53(34(2)3)57(74)61-48(32-42-17-15-18-45(68)31-42)58(75)65-28-16-19-47(64-65)59(76)77-51/h12-15,17-18,20,23,29,31,34-35,37,39,41,43-44,46-54,64,67-71H,11,16,19,21-22,24-28,30,32-33H2,1-10H3,(H,61,74)(H,62,73)(H,63,72)/b14-12+,20-13+,36-23+/t35-,37+,39-,41-,43-,44?,46+,47?,48-,49-,50-,51-,52-,53-,54+,60-/m0/s1. The molecule has 1 aromatic rings. The fourth-order valence-corrected chi connectivity index (χ4v) is 11.2. The molecule has 5 rings (SSSR count). The van der Waals surface area contributed by atoms with Crippen LogP contribution in [0.1, 0.15) is 145 Å². The van der Waals surface area contributed by atoms with E-state index in [9.17, 15) is 54.3 Å². The van der Waals surface area contributed by atoms with Gasteiger partial charge in [-0.25, -0.2) is 5.43 Å². The largest absolute Gasteiger partial charge is 0.508 e. The summed E-state index contributed by atoms with van der Waals surface area (Å²) < 4.78 is 12.9. The van der Waals surface area contributed by atoms with Crippen molar-refractivity contribution in [3.8, 4) is 5.75 Å². The van der Waals surface area contributed by atoms with Crippen LogP contribution in [-0.4, -0.2) is 133 Å². The number of aromatic hydroxyl groups is 1. The highest BCUT2D eigenvalue weighted by Gasteiger charge is 2.51. The average Bonchev–Trinajstić information content (AvgIpc) is 3.50. The zero-order valence-electron chi connectivity index (χ0n) is 47.7. The first-order valence-electron chi connectivity index (χ1n) is 28.4. The Hall–Kier alpha value is -5.24. The second-order valence-corrected chi connectivity index (χ2v) is 23.2. The second-order valence-electron chi connectivity index (χ2n) is 23.2. The van der Waals surface area contributed by atoms with Crippen molar-refractivity contribution < 1.29 is 63.8 Å². The smallest absolute Gasteiger partial charge is 0.325 e. The molecule has 434 valence electrons. The van der Waals surface area contributed by atoms with Crippen molar-refractivity contribution in [3.05, 3.63) is 77.4 Å². The number of amides is 4. The minimum Gasteiger partial charge on any atom is -0.508 e. The summed E-state index contributed by atoms with van der Waals surface area (Å²) in [5, 5.41) is 66.0. The summed E-state index contributed by atoms with van der Waals surface area (Å²) in [6.07, 6.45) is 8.76. The number of fused-ring (bicyclic) bond motifs is 2. The van der Waals surface area contributed by atoms with Crippen molar-refractivity contribution in [1.29, 1.82) is 0 Å². The van der Waals surface area contributed by atoms with Gasteiger partial charge >= 0.3 is 5.97 Å². The number of nitrogens with one attached hydrogen (secondary N) is 4. The summed E-state index contributed by atoms with van der Waals surface area (Å²) in [6, 6.07) is 2.84. The number of piperidine rings is 1. The number of hydrazine groups is 1. The monoisotopic (exact) mass is 1090 g/mol. The topological polar surface area (TPSA) is 273 Å². The van der Waals surface area contributed by atoms with Crippen LogP contribution in [0, 0.1) is 41.4 Å². The quantitative estimate of drug-likeness (QED) is 0.0726. The number of hydrogen-bond acceptors (Lipinski definition) is 14. The second kappa shape index (κ2) is 29.3. The Bertz CT molecular complexity index is 2350. The zero-order chi connectivity index (χ0) is 57.6. The molecule has 2 unspecified atom stereocenters. The number of hydrogen-bond donors (Lipinski definition) is 9. The van der Waals surface area contributed by atoms with Crippen LogP contribution < -0.4 is 21.4 Å². The van der Waals surface area contributed by atoms with Gasteiger partial charge in [-0.05, 0) is 113 Å². The molecule has 1 spiro atoms. The first kappa shape index (κ1) is 63.6. The lowest BCUT2D eigenvalue weighted by Crippen LogP contribution is -2.64. The lowest BCUT2D eigenvalue weighted by atomic mass is 9.75. The molecule has 2 bridgehead atoms. The van der Waals surface area contributed by atoms with E-state index in [4.69, 9.17) is 9.47 Å². The molecule has 2 fully saturated rings. The fraction of sp³-hybridized carbons (Fsp3) is 0.667. The van der Waals surface area contributed by atoms with Gasteiger partial charge in [0.2, 0.25) is 17.7 Å². The van der Waals surface area contributed by atoms with Crippen molar-refractivity contribution in [2.75, 3.05) is 6.54 Å². The third-order valence-electron chi connectivity index (χ3n) is 16.6. The molecular formula is C60H91N5O13. The maximum absolute atomic E-state index is 14.5. The molecule has 0 aliphatic carbocycles. The molecule has 78 heavy (non-hydrogen) atoms. The Kier molecular flexibility index (Phi) is 23.9. The number of aliphatic hydroxyl groups excluding tert-OH is 4. The lowest BCUT2D eigenvalue weighted by molar-refractivity contribution is -0.179. The maximum atomic E-state index is 14.5. The number of aliphatic hydroxyl groups is 4. The van der Waals surface area contributed by atoms with Gasteiger partial charge in [-0.3, -0.25) is 29.0 Å². The van der Waals surface area contributed by atoms with E-state index >= 15 is 0 Å². The third kappa shape index (κ3) is 17.1. The van der Waals surface area contributed by atoms with Gasteiger partial charge in [0.1, 0.15) is 35.8 Å². The predicted molar refractivity (Wildman–Crippen MR) is 295 cm³/mol. The number of benzene rings is 1. The summed E-state index contributed by atoms with van der Waals surface area (Å²) in [5.41, 5.74) is 4.27. The number of cyclic esters (lactones) is 1. The number of carbonyl (C=O) groups is 6. The maximum Gasteiger partial charge on any atom is 0.325 e. The van der Waals surface area contributed by atoms with Crippen molar-refractivity contribution >= 4 is 35.4 Å². The molecule has 4 aliphatic heterocycles. The van der Waals surface area contributed by atoms with Crippen molar-refractivity contribution in [3.63, 3.8) is 0 Å². The number of phenolic OH excluding ortho intramolecular Hbond substituents is 1. The molecule has 4 amide bonds. The molecule has 9 N–H and O–H groups in total. The Morgan fingerprint density at radius 1 is 0.974 bits per heavy atom. The van der Waals surface area contributed by atoms with Crippen LogP contribution in [0.25, 0.3) is 0 Å². The van der Waals surface area contributed by atoms with E-state index in [1.165, 1.54) is 30.1 Å². The van der Waals surface area contributed by atoms with Crippen LogP contribution in [0.15, 0.2) is 71.9 Å². The van der Waals surface area contributed by atoms with Gasteiger partial charge in [0.05, 0.1) is 36.4 Å². The number of ether oxygens (including phenoxy) is 2.